The van der Waals surface area contributed by atoms with Crippen LogP contribution in [0.5, 0.6) is 5.75 Å². The maximum absolute atomic E-state index is 12.5. The smallest absolute Gasteiger partial charge is 0.410 e. The number of halogens is 2. The molecule has 7 heteroatoms. The summed E-state index contributed by atoms with van der Waals surface area (Å²) in [6.45, 7) is 5.83. The highest BCUT2D eigenvalue weighted by Gasteiger charge is 2.26. The molecule has 0 N–H and O–H groups in total. The predicted octanol–water partition coefficient (Wildman–Crippen LogP) is 5.35. The summed E-state index contributed by atoms with van der Waals surface area (Å²) in [5.74, 6) is 0.571. The van der Waals surface area contributed by atoms with Crippen molar-refractivity contribution in [3.05, 3.63) is 57.8 Å². The third-order valence-electron chi connectivity index (χ3n) is 3.76. The van der Waals surface area contributed by atoms with Crippen molar-refractivity contribution in [3.8, 4) is 5.75 Å². The van der Waals surface area contributed by atoms with Crippen molar-refractivity contribution < 1.29 is 14.3 Å². The van der Waals surface area contributed by atoms with Crippen LogP contribution in [0.15, 0.2) is 47.1 Å². The van der Waals surface area contributed by atoms with E-state index in [1.54, 1.807) is 24.2 Å². The molecule has 1 amide bonds. The average molecular weight is 456 g/mol. The Bertz CT molecular complexity index is 766. The topological polar surface area (TPSA) is 51.7 Å². The molecule has 0 saturated carbocycles. The average Bonchev–Trinajstić information content (AvgIpc) is 2.60. The first-order valence-corrected chi connectivity index (χ1v) is 9.76. The van der Waals surface area contributed by atoms with Crippen LogP contribution in [-0.4, -0.2) is 41.3 Å². The Kier molecular flexibility index (Phi) is 7.50. The molecular formula is C20H24BrClN2O3. The number of hydrogen-bond acceptors (Lipinski definition) is 4. The third-order valence-corrected chi connectivity index (χ3v) is 4.89. The number of carbonyl (C=O) groups is 1. The SMILES string of the molecule is CN(C(=O)OC(C)(C)C)[C@H](COc1cnc(Cl)c(Br)c1)Cc1ccccc1. The molecule has 1 atom stereocenters. The van der Waals surface area contributed by atoms with E-state index in [1.807, 2.05) is 51.1 Å². The maximum atomic E-state index is 12.5. The number of benzene rings is 1. The van der Waals surface area contributed by atoms with Crippen LogP contribution in [-0.2, 0) is 11.2 Å². The van der Waals surface area contributed by atoms with Crippen LogP contribution >= 0.6 is 27.5 Å². The lowest BCUT2D eigenvalue weighted by molar-refractivity contribution is 0.0176. The molecule has 146 valence electrons. The van der Waals surface area contributed by atoms with E-state index in [0.717, 1.165) is 5.56 Å². The number of ether oxygens (including phenoxy) is 2. The Morgan fingerprint density at radius 2 is 1.96 bits per heavy atom. The summed E-state index contributed by atoms with van der Waals surface area (Å²) < 4.78 is 12.0. The number of nitrogens with zero attached hydrogens (tertiary/aromatic N) is 2. The quantitative estimate of drug-likeness (QED) is 0.551. The molecule has 1 aromatic carbocycles. The Morgan fingerprint density at radius 1 is 1.30 bits per heavy atom. The van der Waals surface area contributed by atoms with E-state index in [4.69, 9.17) is 21.1 Å². The number of aromatic nitrogens is 1. The van der Waals surface area contributed by atoms with Gasteiger partial charge in [0.05, 0.1) is 16.7 Å². The van der Waals surface area contributed by atoms with Crippen molar-refractivity contribution in [2.45, 2.75) is 38.8 Å². The van der Waals surface area contributed by atoms with Crippen LogP contribution in [0.4, 0.5) is 4.79 Å². The molecule has 1 aromatic heterocycles. The molecule has 1 heterocycles. The van der Waals surface area contributed by atoms with Crippen LogP contribution in [0.1, 0.15) is 26.3 Å². The van der Waals surface area contributed by atoms with E-state index in [0.29, 0.717) is 28.4 Å². The Hall–Kier alpha value is -1.79. The molecule has 0 bridgehead atoms. The summed E-state index contributed by atoms with van der Waals surface area (Å²) in [6.07, 6.45) is 1.81. The number of rotatable bonds is 6. The van der Waals surface area contributed by atoms with Crippen LogP contribution < -0.4 is 4.74 Å². The highest BCUT2D eigenvalue weighted by atomic mass is 79.9. The van der Waals surface area contributed by atoms with Gasteiger partial charge in [-0.2, -0.15) is 0 Å². The minimum absolute atomic E-state index is 0.211. The number of hydrogen-bond donors (Lipinski definition) is 0. The van der Waals surface area contributed by atoms with Crippen molar-refractivity contribution in [2.24, 2.45) is 0 Å². The number of likely N-dealkylation sites (N-methyl/N-ethyl adjacent to an activating group) is 1. The molecule has 27 heavy (non-hydrogen) atoms. The first-order chi connectivity index (χ1) is 12.7. The van der Waals surface area contributed by atoms with Crippen LogP contribution in [0.3, 0.4) is 0 Å². The Morgan fingerprint density at radius 3 is 2.56 bits per heavy atom. The molecule has 5 nitrogen and oxygen atoms in total. The van der Waals surface area contributed by atoms with Crippen molar-refractivity contribution in [1.82, 2.24) is 9.88 Å². The lowest BCUT2D eigenvalue weighted by Crippen LogP contribution is -2.44. The van der Waals surface area contributed by atoms with Gasteiger partial charge in [-0.1, -0.05) is 41.9 Å². The van der Waals surface area contributed by atoms with E-state index in [-0.39, 0.29) is 12.1 Å². The van der Waals surface area contributed by atoms with E-state index < -0.39 is 5.60 Å². The van der Waals surface area contributed by atoms with Gasteiger partial charge in [0, 0.05) is 7.05 Å². The van der Waals surface area contributed by atoms with Crippen LogP contribution in [0.2, 0.25) is 5.15 Å². The van der Waals surface area contributed by atoms with Crippen molar-refractivity contribution in [3.63, 3.8) is 0 Å². The summed E-state index contributed by atoms with van der Waals surface area (Å²) >= 11 is 9.25. The second-order valence-corrected chi connectivity index (χ2v) is 8.40. The van der Waals surface area contributed by atoms with E-state index in [1.165, 1.54) is 0 Å². The summed E-state index contributed by atoms with van der Waals surface area (Å²) in [5.41, 5.74) is 0.547. The number of amides is 1. The first kappa shape index (κ1) is 21.5. The molecule has 0 radical (unpaired) electrons. The molecular weight excluding hydrogens is 432 g/mol. The Balaban J connectivity index is 2.13. The van der Waals surface area contributed by atoms with Crippen LogP contribution in [0.25, 0.3) is 0 Å². The summed E-state index contributed by atoms with van der Waals surface area (Å²) in [6, 6.07) is 11.5. The minimum Gasteiger partial charge on any atom is -0.490 e. The molecule has 0 saturated heterocycles. The molecule has 2 rings (SSSR count). The molecule has 0 fully saturated rings. The lowest BCUT2D eigenvalue weighted by Gasteiger charge is -2.30. The fourth-order valence-corrected chi connectivity index (χ4v) is 2.78. The van der Waals surface area contributed by atoms with Gasteiger partial charge in [-0.25, -0.2) is 9.78 Å². The second kappa shape index (κ2) is 9.42. The normalized spacial score (nSPS) is 12.4. The van der Waals surface area contributed by atoms with E-state index in [9.17, 15) is 4.79 Å². The second-order valence-electron chi connectivity index (χ2n) is 7.19. The van der Waals surface area contributed by atoms with E-state index in [2.05, 4.69) is 20.9 Å². The van der Waals surface area contributed by atoms with Gasteiger partial charge in [-0.15, -0.1) is 0 Å². The fourth-order valence-electron chi connectivity index (χ4n) is 2.35. The molecule has 0 aliphatic heterocycles. The zero-order chi connectivity index (χ0) is 20.0. The summed E-state index contributed by atoms with van der Waals surface area (Å²) in [4.78, 5) is 18.1. The highest BCUT2D eigenvalue weighted by molar-refractivity contribution is 9.10. The monoisotopic (exact) mass is 454 g/mol. The van der Waals surface area contributed by atoms with Crippen molar-refractivity contribution >= 4 is 33.6 Å². The predicted molar refractivity (Wildman–Crippen MR) is 110 cm³/mol. The minimum atomic E-state index is -0.561. The Labute approximate surface area is 173 Å². The zero-order valence-electron chi connectivity index (χ0n) is 15.9. The lowest BCUT2D eigenvalue weighted by atomic mass is 10.1. The van der Waals surface area contributed by atoms with E-state index >= 15 is 0 Å². The highest BCUT2D eigenvalue weighted by Crippen LogP contribution is 2.24. The zero-order valence-corrected chi connectivity index (χ0v) is 18.3. The molecule has 2 aromatic rings. The number of pyridine rings is 1. The van der Waals surface area contributed by atoms with Gasteiger partial charge < -0.3 is 14.4 Å². The van der Waals surface area contributed by atoms with Gasteiger partial charge in [0.15, 0.2) is 0 Å². The number of carbonyl (C=O) groups excluding carboxylic acids is 1. The fraction of sp³-hybridized carbons (Fsp3) is 0.400. The first-order valence-electron chi connectivity index (χ1n) is 8.59. The molecule has 0 aliphatic rings. The molecule has 0 unspecified atom stereocenters. The summed E-state index contributed by atoms with van der Waals surface area (Å²) in [7, 11) is 1.72. The van der Waals surface area contributed by atoms with Gasteiger partial charge in [0.1, 0.15) is 23.1 Å². The van der Waals surface area contributed by atoms with Gasteiger partial charge in [0.2, 0.25) is 0 Å². The van der Waals surface area contributed by atoms with Crippen LogP contribution in [0, 0.1) is 0 Å². The van der Waals surface area contributed by atoms with Gasteiger partial charge >= 0.3 is 6.09 Å². The third kappa shape index (κ3) is 7.03. The maximum Gasteiger partial charge on any atom is 0.410 e. The van der Waals surface area contributed by atoms with Gasteiger partial charge in [0.25, 0.3) is 0 Å². The van der Waals surface area contributed by atoms with Crippen molar-refractivity contribution in [1.29, 1.82) is 0 Å². The van der Waals surface area contributed by atoms with Crippen molar-refractivity contribution in [2.75, 3.05) is 13.7 Å². The standard InChI is InChI=1S/C20H24BrClN2O3/c1-20(2,3)27-19(25)24(4)15(10-14-8-6-5-7-9-14)13-26-16-11-17(21)18(22)23-12-16/h5-9,11-12,15H,10,13H2,1-4H3/t15-/m0/s1. The molecule has 0 aliphatic carbocycles. The van der Waals surface area contributed by atoms with Gasteiger partial charge in [-0.05, 0) is 54.8 Å². The largest absolute Gasteiger partial charge is 0.490 e. The van der Waals surface area contributed by atoms with Gasteiger partial charge in [-0.3, -0.25) is 0 Å². The summed E-state index contributed by atoms with van der Waals surface area (Å²) in [5, 5.41) is 0.369. The molecule has 0 spiro atoms.